The van der Waals surface area contributed by atoms with Gasteiger partial charge >= 0.3 is 0 Å². The first kappa shape index (κ1) is 15.4. The van der Waals surface area contributed by atoms with Gasteiger partial charge < -0.3 is 5.11 Å². The number of aliphatic hydroxyl groups excluding tert-OH is 1. The minimum Gasteiger partial charge on any atom is -0.507 e. The monoisotopic (exact) mass is 298 g/mol. The van der Waals surface area contributed by atoms with Gasteiger partial charge in [0.15, 0.2) is 0 Å². The molecule has 0 aliphatic rings. The number of aryl methyl sites for hydroxylation is 1. The van der Waals surface area contributed by atoms with Crippen LogP contribution in [-0.4, -0.2) is 5.11 Å². The Hall–Kier alpha value is -1.99. The number of hydrogen-bond acceptors (Lipinski definition) is 1. The smallest absolute Gasteiger partial charge is 0.123 e. The molecule has 1 N–H and O–H groups in total. The average molecular weight is 299 g/mol. The quantitative estimate of drug-likeness (QED) is 0.539. The second kappa shape index (κ2) is 7.14. The fourth-order valence-electron chi connectivity index (χ4n) is 2.08. The van der Waals surface area contributed by atoms with Crippen LogP contribution in [0.1, 0.15) is 30.0 Å². The van der Waals surface area contributed by atoms with E-state index in [0.29, 0.717) is 5.02 Å². The summed E-state index contributed by atoms with van der Waals surface area (Å²) in [6.45, 7) is 4.10. The van der Waals surface area contributed by atoms with Gasteiger partial charge in [-0.25, -0.2) is 0 Å². The van der Waals surface area contributed by atoms with E-state index in [2.05, 4.69) is 13.0 Å². The van der Waals surface area contributed by atoms with Crippen molar-refractivity contribution in [2.24, 2.45) is 0 Å². The van der Waals surface area contributed by atoms with Crippen molar-refractivity contribution in [1.82, 2.24) is 0 Å². The highest BCUT2D eigenvalue weighted by atomic mass is 35.5. The van der Waals surface area contributed by atoms with Crippen molar-refractivity contribution in [3.8, 4) is 0 Å². The van der Waals surface area contributed by atoms with Gasteiger partial charge in [-0.1, -0.05) is 66.6 Å². The number of allylic oxidation sites excluding steroid dienone is 3. The van der Waals surface area contributed by atoms with Crippen LogP contribution in [0.2, 0.25) is 5.02 Å². The van der Waals surface area contributed by atoms with Gasteiger partial charge in [-0.2, -0.15) is 0 Å². The molecule has 2 heteroatoms. The van der Waals surface area contributed by atoms with Crippen molar-refractivity contribution in [3.05, 3.63) is 82.4 Å². The van der Waals surface area contributed by atoms with Crippen LogP contribution in [0.25, 0.3) is 11.3 Å². The van der Waals surface area contributed by atoms with Crippen molar-refractivity contribution >= 4 is 22.9 Å². The fourth-order valence-corrected chi connectivity index (χ4v) is 2.20. The molecular formula is C19H19ClO. The Morgan fingerprint density at radius 3 is 2.14 bits per heavy atom. The molecule has 1 nitrogen and oxygen atoms in total. The van der Waals surface area contributed by atoms with E-state index in [9.17, 15) is 5.11 Å². The first-order valence-electron chi connectivity index (χ1n) is 7.04. The molecule has 0 saturated carbocycles. The molecule has 0 atom stereocenters. The maximum atomic E-state index is 10.3. The lowest BCUT2D eigenvalue weighted by molar-refractivity contribution is 0.512. The third kappa shape index (κ3) is 4.24. The molecule has 2 aromatic carbocycles. The van der Waals surface area contributed by atoms with Gasteiger partial charge in [0, 0.05) is 10.6 Å². The maximum absolute atomic E-state index is 10.3. The number of rotatable bonds is 4. The summed E-state index contributed by atoms with van der Waals surface area (Å²) in [5, 5.41) is 11.0. The van der Waals surface area contributed by atoms with Gasteiger partial charge in [-0.05, 0) is 42.7 Å². The summed E-state index contributed by atoms with van der Waals surface area (Å²) in [7, 11) is 0. The normalized spacial score (nSPS) is 12.5. The molecule has 0 aliphatic heterocycles. The molecule has 0 radical (unpaired) electrons. The molecule has 108 valence electrons. The molecule has 0 aliphatic carbocycles. The zero-order valence-corrected chi connectivity index (χ0v) is 13.1. The average Bonchev–Trinajstić information content (AvgIpc) is 2.48. The molecule has 2 rings (SSSR count). The number of halogens is 1. The lowest BCUT2D eigenvalue weighted by Gasteiger charge is -2.06. The topological polar surface area (TPSA) is 20.2 Å². The summed E-state index contributed by atoms with van der Waals surface area (Å²) in [4.78, 5) is 0. The van der Waals surface area contributed by atoms with Gasteiger partial charge in [0.1, 0.15) is 5.76 Å². The molecular weight excluding hydrogens is 280 g/mol. The highest BCUT2D eigenvalue weighted by Crippen LogP contribution is 2.23. The maximum Gasteiger partial charge on any atom is 0.123 e. The fraction of sp³-hybridized carbons (Fsp3) is 0.158. The van der Waals surface area contributed by atoms with E-state index in [1.54, 1.807) is 6.08 Å². The second-order valence-electron chi connectivity index (χ2n) is 4.97. The molecule has 0 aromatic heterocycles. The Labute approximate surface area is 131 Å². The number of aliphatic hydroxyl groups is 1. The van der Waals surface area contributed by atoms with Crippen LogP contribution < -0.4 is 0 Å². The third-order valence-corrected chi connectivity index (χ3v) is 3.49. The van der Waals surface area contributed by atoms with Crippen molar-refractivity contribution in [3.63, 3.8) is 0 Å². The van der Waals surface area contributed by atoms with Crippen LogP contribution in [0.3, 0.4) is 0 Å². The van der Waals surface area contributed by atoms with Crippen molar-refractivity contribution in [2.45, 2.75) is 20.3 Å². The molecule has 2 aromatic rings. The third-order valence-electron chi connectivity index (χ3n) is 3.24. The van der Waals surface area contributed by atoms with Crippen molar-refractivity contribution in [1.29, 1.82) is 0 Å². The van der Waals surface area contributed by atoms with Crippen LogP contribution >= 0.6 is 11.6 Å². The van der Waals surface area contributed by atoms with E-state index in [0.717, 1.165) is 23.1 Å². The van der Waals surface area contributed by atoms with Crippen molar-refractivity contribution < 1.29 is 5.11 Å². The molecule has 0 bridgehead atoms. The van der Waals surface area contributed by atoms with E-state index in [-0.39, 0.29) is 5.76 Å². The summed E-state index contributed by atoms with van der Waals surface area (Å²) in [6, 6.07) is 15.5. The largest absolute Gasteiger partial charge is 0.507 e. The van der Waals surface area contributed by atoms with Gasteiger partial charge in [0.25, 0.3) is 0 Å². The Morgan fingerprint density at radius 2 is 1.57 bits per heavy atom. The molecule has 0 amide bonds. The standard InChI is InChI=1S/C19H19ClO/c1-3-4-17(15-9-11-18(20)12-10-15)13-19(21)16-7-5-14(2)6-8-16/h4-13,21H,3H2,1-2H3/b17-4+,19-13-. The van der Waals surface area contributed by atoms with E-state index in [1.807, 2.05) is 55.5 Å². The molecule has 0 saturated heterocycles. The van der Waals surface area contributed by atoms with E-state index < -0.39 is 0 Å². The van der Waals surface area contributed by atoms with Crippen LogP contribution in [0.4, 0.5) is 0 Å². The first-order valence-corrected chi connectivity index (χ1v) is 7.41. The molecule has 0 fully saturated rings. The highest BCUT2D eigenvalue weighted by molar-refractivity contribution is 6.30. The Kier molecular flexibility index (Phi) is 5.24. The molecule has 0 unspecified atom stereocenters. The summed E-state index contributed by atoms with van der Waals surface area (Å²) < 4.78 is 0. The Bertz CT molecular complexity index is 649. The van der Waals surface area contributed by atoms with Gasteiger partial charge in [0.2, 0.25) is 0 Å². The van der Waals surface area contributed by atoms with Crippen LogP contribution in [0, 0.1) is 6.92 Å². The van der Waals surface area contributed by atoms with Gasteiger partial charge in [-0.3, -0.25) is 0 Å². The van der Waals surface area contributed by atoms with E-state index in [4.69, 9.17) is 11.6 Å². The van der Waals surface area contributed by atoms with Crippen LogP contribution in [0.5, 0.6) is 0 Å². The van der Waals surface area contributed by atoms with E-state index in [1.165, 1.54) is 5.56 Å². The Morgan fingerprint density at radius 1 is 1.00 bits per heavy atom. The second-order valence-corrected chi connectivity index (χ2v) is 5.41. The summed E-state index contributed by atoms with van der Waals surface area (Å²) in [6.07, 6.45) is 4.79. The minimum absolute atomic E-state index is 0.268. The molecule has 0 heterocycles. The first-order chi connectivity index (χ1) is 10.1. The lowest BCUT2D eigenvalue weighted by atomic mass is 10.0. The van der Waals surface area contributed by atoms with Gasteiger partial charge in [-0.15, -0.1) is 0 Å². The number of benzene rings is 2. The number of hydrogen-bond donors (Lipinski definition) is 1. The van der Waals surface area contributed by atoms with E-state index >= 15 is 0 Å². The van der Waals surface area contributed by atoms with Gasteiger partial charge in [0.05, 0.1) is 0 Å². The SMILES string of the molecule is CC/C=C(\C=C(/O)c1ccc(C)cc1)c1ccc(Cl)cc1. The summed E-state index contributed by atoms with van der Waals surface area (Å²) in [5.74, 6) is 0.268. The predicted molar refractivity (Wildman–Crippen MR) is 91.5 cm³/mol. The minimum atomic E-state index is 0.268. The van der Waals surface area contributed by atoms with Crippen LogP contribution in [0.15, 0.2) is 60.7 Å². The Balaban J connectivity index is 2.35. The molecule has 0 spiro atoms. The molecule has 21 heavy (non-hydrogen) atoms. The zero-order valence-electron chi connectivity index (χ0n) is 12.3. The predicted octanol–water partition coefficient (Wildman–Crippen LogP) is 6.04. The van der Waals surface area contributed by atoms with Crippen molar-refractivity contribution in [2.75, 3.05) is 0 Å². The lowest BCUT2D eigenvalue weighted by Crippen LogP contribution is -1.87. The zero-order chi connectivity index (χ0) is 15.2. The summed E-state index contributed by atoms with van der Waals surface area (Å²) >= 11 is 5.93. The van der Waals surface area contributed by atoms with Crippen LogP contribution in [-0.2, 0) is 0 Å². The summed E-state index contributed by atoms with van der Waals surface area (Å²) in [5.41, 5.74) is 4.03. The highest BCUT2D eigenvalue weighted by Gasteiger charge is 2.03.